The van der Waals surface area contributed by atoms with Gasteiger partial charge in [0.15, 0.2) is 5.82 Å². The van der Waals surface area contributed by atoms with Crippen molar-refractivity contribution in [3.05, 3.63) is 63.2 Å². The van der Waals surface area contributed by atoms with Crippen molar-refractivity contribution in [1.82, 2.24) is 24.5 Å². The van der Waals surface area contributed by atoms with Gasteiger partial charge in [-0.3, -0.25) is 14.7 Å². The minimum absolute atomic E-state index is 0.00463. The van der Waals surface area contributed by atoms with Gasteiger partial charge in [-0.05, 0) is 25.1 Å². The molecule has 10 nitrogen and oxygen atoms in total. The van der Waals surface area contributed by atoms with Gasteiger partial charge in [-0.25, -0.2) is 18.3 Å². The van der Waals surface area contributed by atoms with Crippen LogP contribution in [0.3, 0.4) is 0 Å². The molecule has 0 spiro atoms. The van der Waals surface area contributed by atoms with Crippen LogP contribution in [-0.4, -0.2) is 31.0 Å². The number of hydrogen-bond donors (Lipinski definition) is 2. The fraction of sp³-hybridized carbons (Fsp3) is 0.143. The molecular weight excluding hydrogens is 468 g/mol. The molecule has 0 aliphatic carbocycles. The van der Waals surface area contributed by atoms with Gasteiger partial charge in [0.25, 0.3) is 12.0 Å². The maximum absolute atomic E-state index is 13.6. The fourth-order valence-corrected chi connectivity index (χ4v) is 3.70. The van der Waals surface area contributed by atoms with E-state index in [1.165, 1.54) is 17.2 Å². The zero-order valence-corrected chi connectivity index (χ0v) is 18.3. The molecule has 4 N–H and O–H groups in total. The number of rotatable bonds is 5. The van der Waals surface area contributed by atoms with Gasteiger partial charge < -0.3 is 11.5 Å². The number of fused-ring (bicyclic) bond motifs is 1. The number of nitrogens with two attached hydrogens (primary N) is 2. The summed E-state index contributed by atoms with van der Waals surface area (Å²) in [7, 11) is 0. The summed E-state index contributed by atoms with van der Waals surface area (Å²) in [6, 6.07) is 7.75. The molecule has 1 aromatic carbocycles. The van der Waals surface area contributed by atoms with Crippen LogP contribution in [0.25, 0.3) is 16.6 Å². The van der Waals surface area contributed by atoms with Crippen molar-refractivity contribution in [3.8, 4) is 11.8 Å². The van der Waals surface area contributed by atoms with E-state index >= 15 is 0 Å². The Morgan fingerprint density at radius 2 is 2.00 bits per heavy atom. The highest BCUT2D eigenvalue weighted by Gasteiger charge is 2.25. The normalized spacial score (nSPS) is 11.1. The second kappa shape index (κ2) is 8.87. The zero-order chi connectivity index (χ0) is 24.6. The summed E-state index contributed by atoms with van der Waals surface area (Å²) in [6.07, 6.45) is -0.585. The van der Waals surface area contributed by atoms with Gasteiger partial charge in [0.1, 0.15) is 17.5 Å². The lowest BCUT2D eigenvalue weighted by Gasteiger charge is -2.26. The quantitative estimate of drug-likeness (QED) is 0.435. The number of benzene rings is 1. The molecule has 4 rings (SSSR count). The van der Waals surface area contributed by atoms with Gasteiger partial charge in [0.2, 0.25) is 11.9 Å². The van der Waals surface area contributed by atoms with Crippen LogP contribution in [0.4, 0.5) is 32.3 Å². The molecular formula is C21H16ClF2N9O. The van der Waals surface area contributed by atoms with Crippen molar-refractivity contribution in [2.45, 2.75) is 13.3 Å². The van der Waals surface area contributed by atoms with Crippen molar-refractivity contribution in [3.63, 3.8) is 0 Å². The van der Waals surface area contributed by atoms with Gasteiger partial charge in [0, 0.05) is 18.3 Å². The Balaban J connectivity index is 2.13. The highest BCUT2D eigenvalue weighted by molar-refractivity contribution is 6.35. The van der Waals surface area contributed by atoms with Gasteiger partial charge in [0.05, 0.1) is 27.8 Å². The topological polar surface area (TPSA) is 153 Å². The smallest absolute Gasteiger partial charge is 0.268 e. The van der Waals surface area contributed by atoms with Crippen LogP contribution in [0.2, 0.25) is 5.02 Å². The van der Waals surface area contributed by atoms with Crippen molar-refractivity contribution >= 4 is 46.0 Å². The standard InChI is InChI=1S/C21H16ClF2N9O/c1-2-32(18-12(7-25)17(26)30-20(27)31-18)21-29-14-5-3-4-13(22)15(14)19(34)33(21)11-6-10(16(23)24)8-28-9-11/h3-6,8-9,16H,2H2,1H3,(H4,26,27,30,31). The van der Waals surface area contributed by atoms with Gasteiger partial charge in [-0.1, -0.05) is 17.7 Å². The molecule has 34 heavy (non-hydrogen) atoms. The Morgan fingerprint density at radius 3 is 2.68 bits per heavy atom. The maximum atomic E-state index is 13.6. The van der Waals surface area contributed by atoms with Gasteiger partial charge >= 0.3 is 0 Å². The van der Waals surface area contributed by atoms with Crippen LogP contribution in [0, 0.1) is 11.3 Å². The lowest BCUT2D eigenvalue weighted by molar-refractivity contribution is 0.151. The van der Waals surface area contributed by atoms with Crippen LogP contribution in [-0.2, 0) is 0 Å². The summed E-state index contributed by atoms with van der Waals surface area (Å²) in [5.74, 6) is -0.411. The van der Waals surface area contributed by atoms with Gasteiger partial charge in [-0.15, -0.1) is 0 Å². The zero-order valence-electron chi connectivity index (χ0n) is 17.6. The fourth-order valence-electron chi connectivity index (χ4n) is 3.45. The summed E-state index contributed by atoms with van der Waals surface area (Å²) in [6.45, 7) is 1.85. The molecule has 0 bridgehead atoms. The molecule has 4 aromatic rings. The SMILES string of the molecule is CCN(c1nc(N)nc(N)c1C#N)c1nc2cccc(Cl)c2c(=O)n1-c1cncc(C(F)F)c1. The second-order valence-electron chi connectivity index (χ2n) is 6.99. The molecule has 0 fully saturated rings. The number of hydrogen-bond acceptors (Lipinski definition) is 9. The van der Waals surface area contributed by atoms with E-state index in [0.717, 1.165) is 16.8 Å². The first-order chi connectivity index (χ1) is 16.3. The number of anilines is 4. The third-order valence-electron chi connectivity index (χ3n) is 4.94. The third-order valence-corrected chi connectivity index (χ3v) is 5.26. The van der Waals surface area contributed by atoms with Crippen LogP contribution >= 0.6 is 11.6 Å². The number of halogens is 3. The number of nitrogen functional groups attached to an aromatic ring is 2. The van der Waals surface area contributed by atoms with Crippen molar-refractivity contribution in [1.29, 1.82) is 5.26 Å². The highest BCUT2D eigenvalue weighted by Crippen LogP contribution is 2.31. The number of aromatic nitrogens is 5. The monoisotopic (exact) mass is 483 g/mol. The summed E-state index contributed by atoms with van der Waals surface area (Å²) in [5.41, 5.74) is 10.8. The molecule has 0 saturated carbocycles. The molecule has 3 aromatic heterocycles. The maximum Gasteiger partial charge on any atom is 0.268 e. The van der Waals surface area contributed by atoms with E-state index in [1.807, 2.05) is 6.07 Å². The number of pyridine rings is 1. The van der Waals surface area contributed by atoms with Crippen LogP contribution in [0.5, 0.6) is 0 Å². The van der Waals surface area contributed by atoms with Crippen molar-refractivity contribution < 1.29 is 8.78 Å². The Kier molecular flexibility index (Phi) is 5.95. The predicted octanol–water partition coefficient (Wildman–Crippen LogP) is 3.36. The van der Waals surface area contributed by atoms with E-state index in [-0.39, 0.29) is 57.3 Å². The van der Waals surface area contributed by atoms with E-state index in [4.69, 9.17) is 23.1 Å². The van der Waals surface area contributed by atoms with E-state index in [9.17, 15) is 18.8 Å². The average Bonchev–Trinajstić information content (AvgIpc) is 2.79. The summed E-state index contributed by atoms with van der Waals surface area (Å²) in [4.78, 5) is 31.4. The lowest BCUT2D eigenvalue weighted by atomic mass is 10.2. The largest absolute Gasteiger partial charge is 0.382 e. The Hall–Kier alpha value is -4.37. The molecule has 13 heteroatoms. The highest BCUT2D eigenvalue weighted by atomic mass is 35.5. The average molecular weight is 484 g/mol. The molecule has 0 radical (unpaired) electrons. The van der Waals surface area contributed by atoms with Crippen molar-refractivity contribution in [2.24, 2.45) is 0 Å². The van der Waals surface area contributed by atoms with E-state index < -0.39 is 17.5 Å². The Labute approximate surface area is 196 Å². The molecule has 0 amide bonds. The molecule has 0 atom stereocenters. The predicted molar refractivity (Wildman–Crippen MR) is 123 cm³/mol. The summed E-state index contributed by atoms with van der Waals surface area (Å²) in [5, 5.41) is 9.86. The second-order valence-corrected chi connectivity index (χ2v) is 7.39. The Morgan fingerprint density at radius 1 is 1.24 bits per heavy atom. The van der Waals surface area contributed by atoms with E-state index in [1.54, 1.807) is 19.1 Å². The first-order valence-corrected chi connectivity index (χ1v) is 10.2. The number of alkyl halides is 2. The van der Waals surface area contributed by atoms with Crippen LogP contribution in [0.15, 0.2) is 41.5 Å². The molecule has 0 unspecified atom stereocenters. The van der Waals surface area contributed by atoms with Crippen LogP contribution < -0.4 is 21.9 Å². The third kappa shape index (κ3) is 3.82. The minimum atomic E-state index is -2.82. The summed E-state index contributed by atoms with van der Waals surface area (Å²) < 4.78 is 27.9. The Bertz CT molecular complexity index is 1520. The van der Waals surface area contributed by atoms with E-state index in [2.05, 4.69) is 19.9 Å². The van der Waals surface area contributed by atoms with E-state index in [0.29, 0.717) is 0 Å². The van der Waals surface area contributed by atoms with Crippen LogP contribution in [0.1, 0.15) is 24.5 Å². The lowest BCUT2D eigenvalue weighted by Crippen LogP contribution is -2.31. The number of nitrogens with zero attached hydrogens (tertiary/aromatic N) is 7. The minimum Gasteiger partial charge on any atom is -0.382 e. The van der Waals surface area contributed by atoms with Crippen molar-refractivity contribution in [2.75, 3.05) is 22.9 Å². The molecule has 172 valence electrons. The molecule has 0 saturated heterocycles. The van der Waals surface area contributed by atoms with Gasteiger partial charge in [-0.2, -0.15) is 15.2 Å². The molecule has 3 heterocycles. The number of nitriles is 1. The first-order valence-electron chi connectivity index (χ1n) is 9.82. The summed E-state index contributed by atoms with van der Waals surface area (Å²) >= 11 is 6.28. The molecule has 0 aliphatic heterocycles. The first kappa shape index (κ1) is 22.8. The molecule has 0 aliphatic rings.